The molecule has 22 heavy (non-hydrogen) atoms. The third-order valence-corrected chi connectivity index (χ3v) is 4.30. The Bertz CT molecular complexity index is 491. The van der Waals surface area contributed by atoms with E-state index in [4.69, 9.17) is 0 Å². The van der Waals surface area contributed by atoms with E-state index in [0.717, 1.165) is 16.0 Å². The van der Waals surface area contributed by atoms with Gasteiger partial charge in [-0.2, -0.15) is 0 Å². The van der Waals surface area contributed by atoms with Crippen LogP contribution in [0.2, 0.25) is 0 Å². The number of amides is 2. The highest BCUT2D eigenvalue weighted by Crippen LogP contribution is 2.25. The second kappa shape index (κ2) is 9.62. The van der Waals surface area contributed by atoms with Gasteiger partial charge in [-0.25, -0.2) is 0 Å². The van der Waals surface area contributed by atoms with Gasteiger partial charge < -0.3 is 16.0 Å². The molecule has 0 atom stereocenters. The summed E-state index contributed by atoms with van der Waals surface area (Å²) >= 11 is 2.73. The van der Waals surface area contributed by atoms with Crippen molar-refractivity contribution in [1.82, 2.24) is 20.8 Å². The van der Waals surface area contributed by atoms with Crippen LogP contribution < -0.4 is 16.0 Å². The van der Waals surface area contributed by atoms with Crippen molar-refractivity contribution < 1.29 is 9.59 Å². The number of nitrogens with zero attached hydrogens (tertiary/aromatic N) is 2. The summed E-state index contributed by atoms with van der Waals surface area (Å²) in [6, 6.07) is 0.0666. The largest absolute Gasteiger partial charge is 0.360 e. The van der Waals surface area contributed by atoms with Crippen LogP contribution in [-0.4, -0.2) is 46.9 Å². The number of hydrogen-bond donors (Lipinski definition) is 3. The Hall–Kier alpha value is -1.35. The topological polar surface area (TPSA) is 96.0 Å². The lowest BCUT2D eigenvalue weighted by Gasteiger charge is -2.08. The van der Waals surface area contributed by atoms with Gasteiger partial charge in [-0.05, 0) is 19.8 Å². The van der Waals surface area contributed by atoms with E-state index in [0.29, 0.717) is 5.92 Å². The molecule has 0 bridgehead atoms. The Morgan fingerprint density at radius 3 is 2.55 bits per heavy atom. The zero-order valence-electron chi connectivity index (χ0n) is 13.3. The predicted molar refractivity (Wildman–Crippen MR) is 90.2 cm³/mol. The Kier molecular flexibility index (Phi) is 8.18. The molecule has 2 amide bonds. The van der Waals surface area contributed by atoms with Gasteiger partial charge in [0.15, 0.2) is 4.34 Å². The van der Waals surface area contributed by atoms with Crippen LogP contribution in [-0.2, 0) is 9.59 Å². The molecule has 124 valence electrons. The molecule has 1 aromatic rings. The third-order valence-electron chi connectivity index (χ3n) is 2.29. The quantitative estimate of drug-likeness (QED) is 0.585. The number of anilines is 1. The summed E-state index contributed by atoms with van der Waals surface area (Å²) in [6.45, 7) is 8.80. The molecule has 0 saturated carbocycles. The Balaban J connectivity index is 2.25. The van der Waals surface area contributed by atoms with Crippen LogP contribution in [0.5, 0.6) is 0 Å². The monoisotopic (exact) mass is 345 g/mol. The standard InChI is InChI=1S/C13H23N5O2S2/c1-8(2)5-15-12-17-18-13(22-12)21-7-11(20)14-6-10(19)16-9(3)4/h8-9H,5-7H2,1-4H3,(H,14,20)(H,15,17)(H,16,19). The molecule has 0 fully saturated rings. The molecular formula is C13H23N5O2S2. The average molecular weight is 345 g/mol. The number of rotatable bonds is 9. The van der Waals surface area contributed by atoms with Gasteiger partial charge in [-0.3, -0.25) is 9.59 Å². The fraction of sp³-hybridized carbons (Fsp3) is 0.692. The van der Waals surface area contributed by atoms with E-state index in [1.807, 2.05) is 13.8 Å². The number of aromatic nitrogens is 2. The molecule has 1 aromatic heterocycles. The summed E-state index contributed by atoms with van der Waals surface area (Å²) in [5, 5.41) is 17.3. The van der Waals surface area contributed by atoms with Crippen molar-refractivity contribution in [2.24, 2.45) is 5.92 Å². The van der Waals surface area contributed by atoms with E-state index in [1.54, 1.807) is 0 Å². The zero-order valence-corrected chi connectivity index (χ0v) is 14.9. The smallest absolute Gasteiger partial charge is 0.239 e. The van der Waals surface area contributed by atoms with Crippen LogP contribution >= 0.6 is 23.1 Å². The first kappa shape index (κ1) is 18.7. The summed E-state index contributed by atoms with van der Waals surface area (Å²) in [6.07, 6.45) is 0. The van der Waals surface area contributed by atoms with Crippen molar-refractivity contribution in [2.45, 2.75) is 38.1 Å². The lowest BCUT2D eigenvalue weighted by atomic mass is 10.2. The summed E-state index contributed by atoms with van der Waals surface area (Å²) in [4.78, 5) is 23.1. The predicted octanol–water partition coefficient (Wildman–Crippen LogP) is 1.34. The van der Waals surface area contributed by atoms with Crippen molar-refractivity contribution in [3.63, 3.8) is 0 Å². The third kappa shape index (κ3) is 8.18. The Morgan fingerprint density at radius 1 is 1.18 bits per heavy atom. The highest BCUT2D eigenvalue weighted by atomic mass is 32.2. The number of thioether (sulfide) groups is 1. The number of nitrogens with one attached hydrogen (secondary N) is 3. The number of carbonyl (C=O) groups excluding carboxylic acids is 2. The highest BCUT2D eigenvalue weighted by Gasteiger charge is 2.10. The minimum Gasteiger partial charge on any atom is -0.360 e. The minimum atomic E-state index is -0.198. The van der Waals surface area contributed by atoms with Crippen molar-refractivity contribution in [2.75, 3.05) is 24.2 Å². The molecule has 0 aliphatic rings. The molecule has 0 unspecified atom stereocenters. The van der Waals surface area contributed by atoms with Crippen LogP contribution in [0, 0.1) is 5.92 Å². The fourth-order valence-corrected chi connectivity index (χ4v) is 2.95. The number of hydrogen-bond acceptors (Lipinski definition) is 7. The molecule has 0 aliphatic heterocycles. The molecule has 1 rings (SSSR count). The molecule has 1 heterocycles. The van der Waals surface area contributed by atoms with E-state index in [-0.39, 0.29) is 30.2 Å². The molecule has 0 aliphatic carbocycles. The van der Waals surface area contributed by atoms with Gasteiger partial charge in [0, 0.05) is 12.6 Å². The van der Waals surface area contributed by atoms with Crippen molar-refractivity contribution in [3.05, 3.63) is 0 Å². The normalized spacial score (nSPS) is 10.8. The summed E-state index contributed by atoms with van der Waals surface area (Å²) < 4.78 is 0.730. The van der Waals surface area contributed by atoms with Gasteiger partial charge in [-0.1, -0.05) is 36.9 Å². The molecule has 0 radical (unpaired) electrons. The molecule has 0 saturated heterocycles. The van der Waals surface area contributed by atoms with Gasteiger partial charge in [0.1, 0.15) is 0 Å². The van der Waals surface area contributed by atoms with Gasteiger partial charge in [-0.15, -0.1) is 10.2 Å². The summed E-state index contributed by atoms with van der Waals surface area (Å²) in [5.74, 6) is 0.358. The van der Waals surface area contributed by atoms with Crippen LogP contribution in [0.1, 0.15) is 27.7 Å². The van der Waals surface area contributed by atoms with E-state index >= 15 is 0 Å². The zero-order chi connectivity index (χ0) is 16.5. The first-order valence-corrected chi connectivity index (χ1v) is 8.93. The molecule has 0 aromatic carbocycles. The number of carbonyl (C=O) groups is 2. The van der Waals surface area contributed by atoms with E-state index in [9.17, 15) is 9.59 Å². The lowest BCUT2D eigenvalue weighted by molar-refractivity contribution is -0.125. The van der Waals surface area contributed by atoms with Crippen molar-refractivity contribution in [3.8, 4) is 0 Å². The van der Waals surface area contributed by atoms with Gasteiger partial charge in [0.05, 0.1) is 12.3 Å². The van der Waals surface area contributed by atoms with Crippen LogP contribution in [0.4, 0.5) is 5.13 Å². The SMILES string of the molecule is CC(C)CNc1nnc(SCC(=O)NCC(=O)NC(C)C)s1. The van der Waals surface area contributed by atoms with Gasteiger partial charge in [0.2, 0.25) is 16.9 Å². The van der Waals surface area contributed by atoms with Gasteiger partial charge in [0.25, 0.3) is 0 Å². The maximum absolute atomic E-state index is 11.7. The van der Waals surface area contributed by atoms with E-state index in [2.05, 4.69) is 40.0 Å². The molecule has 9 heteroatoms. The first-order chi connectivity index (χ1) is 10.4. The van der Waals surface area contributed by atoms with Gasteiger partial charge >= 0.3 is 0 Å². The van der Waals surface area contributed by atoms with Crippen LogP contribution in [0.15, 0.2) is 4.34 Å². The Morgan fingerprint density at radius 2 is 1.91 bits per heavy atom. The van der Waals surface area contributed by atoms with Crippen molar-refractivity contribution in [1.29, 1.82) is 0 Å². The highest BCUT2D eigenvalue weighted by molar-refractivity contribution is 8.01. The maximum Gasteiger partial charge on any atom is 0.239 e. The van der Waals surface area contributed by atoms with Crippen LogP contribution in [0.25, 0.3) is 0 Å². The Labute approximate surface area is 139 Å². The average Bonchev–Trinajstić information content (AvgIpc) is 2.88. The molecule has 0 spiro atoms. The molecule has 7 nitrogen and oxygen atoms in total. The fourth-order valence-electron chi connectivity index (χ4n) is 1.36. The minimum absolute atomic E-state index is 0.00507. The lowest BCUT2D eigenvalue weighted by Crippen LogP contribution is -2.40. The van der Waals surface area contributed by atoms with Crippen molar-refractivity contribution >= 4 is 40.0 Å². The molecular weight excluding hydrogens is 322 g/mol. The van der Waals surface area contributed by atoms with E-state index in [1.165, 1.54) is 23.1 Å². The maximum atomic E-state index is 11.7. The second-order valence-electron chi connectivity index (χ2n) is 5.44. The summed E-state index contributed by atoms with van der Waals surface area (Å²) in [5.41, 5.74) is 0. The first-order valence-electron chi connectivity index (χ1n) is 7.13. The summed E-state index contributed by atoms with van der Waals surface area (Å²) in [7, 11) is 0. The molecule has 3 N–H and O–H groups in total. The second-order valence-corrected chi connectivity index (χ2v) is 7.64. The van der Waals surface area contributed by atoms with E-state index < -0.39 is 0 Å². The van der Waals surface area contributed by atoms with Crippen LogP contribution in [0.3, 0.4) is 0 Å².